The van der Waals surface area contributed by atoms with Gasteiger partial charge in [0.2, 0.25) is 0 Å². The van der Waals surface area contributed by atoms with E-state index in [0.29, 0.717) is 24.0 Å². The second-order valence-electron chi connectivity index (χ2n) is 6.81. The van der Waals surface area contributed by atoms with Crippen molar-refractivity contribution in [1.29, 1.82) is 0 Å². The van der Waals surface area contributed by atoms with E-state index in [-0.39, 0.29) is 11.4 Å². The summed E-state index contributed by atoms with van der Waals surface area (Å²) in [6, 6.07) is -0.351. The quantitative estimate of drug-likeness (QED) is 0.865. The van der Waals surface area contributed by atoms with Crippen molar-refractivity contribution in [3.05, 3.63) is 24.3 Å². The Labute approximate surface area is 124 Å². The second-order valence-corrected chi connectivity index (χ2v) is 6.81. The normalized spacial score (nSPS) is 12.1. The monoisotopic (exact) mass is 290 g/mol. The van der Waals surface area contributed by atoms with Crippen molar-refractivity contribution in [3.8, 4) is 0 Å². The molecule has 7 heteroatoms. The number of carbonyl (C=O) groups excluding carboxylic acids is 1. The van der Waals surface area contributed by atoms with Crippen molar-refractivity contribution in [2.75, 3.05) is 0 Å². The minimum absolute atomic E-state index is 0.0671. The van der Waals surface area contributed by atoms with Gasteiger partial charge in [0.05, 0.1) is 0 Å². The SMILES string of the molecule is CC(C)Cc1nc(CC(C)(C)C)nn1C(=O)n1cncn1. The first-order valence-electron chi connectivity index (χ1n) is 7.10. The van der Waals surface area contributed by atoms with Gasteiger partial charge in [0.1, 0.15) is 18.5 Å². The van der Waals surface area contributed by atoms with Gasteiger partial charge in [-0.15, -0.1) is 5.10 Å². The molecule has 0 amide bonds. The number of nitrogens with zero attached hydrogens (tertiary/aromatic N) is 6. The van der Waals surface area contributed by atoms with E-state index < -0.39 is 0 Å². The van der Waals surface area contributed by atoms with Crippen LogP contribution >= 0.6 is 0 Å². The van der Waals surface area contributed by atoms with Gasteiger partial charge in [0.15, 0.2) is 5.82 Å². The molecule has 21 heavy (non-hydrogen) atoms. The van der Waals surface area contributed by atoms with Crippen LogP contribution in [-0.4, -0.2) is 35.6 Å². The zero-order valence-corrected chi connectivity index (χ0v) is 13.2. The lowest BCUT2D eigenvalue weighted by atomic mass is 9.92. The lowest BCUT2D eigenvalue weighted by Gasteiger charge is -2.14. The van der Waals surface area contributed by atoms with Crippen LogP contribution in [0.3, 0.4) is 0 Å². The molecule has 2 heterocycles. The van der Waals surface area contributed by atoms with Crippen LogP contribution in [0.2, 0.25) is 0 Å². The van der Waals surface area contributed by atoms with Crippen LogP contribution in [0, 0.1) is 11.3 Å². The van der Waals surface area contributed by atoms with E-state index in [4.69, 9.17) is 0 Å². The largest absolute Gasteiger partial charge is 0.372 e. The molecule has 0 fully saturated rings. The standard InChI is InChI=1S/C14H22N6O/c1-10(2)6-12-17-11(7-14(3,4)5)18-20(12)13(21)19-9-15-8-16-19/h8-10H,6-7H2,1-5H3. The average Bonchev–Trinajstić information content (AvgIpc) is 2.95. The first-order chi connectivity index (χ1) is 9.76. The van der Waals surface area contributed by atoms with Crippen molar-refractivity contribution in [1.82, 2.24) is 29.5 Å². The summed E-state index contributed by atoms with van der Waals surface area (Å²) in [7, 11) is 0. The molecular weight excluding hydrogens is 268 g/mol. The fraction of sp³-hybridized carbons (Fsp3) is 0.643. The van der Waals surface area contributed by atoms with Gasteiger partial charge >= 0.3 is 6.03 Å². The summed E-state index contributed by atoms with van der Waals surface area (Å²) < 4.78 is 2.51. The Hall–Kier alpha value is -2.05. The zero-order chi connectivity index (χ0) is 15.6. The Kier molecular flexibility index (Phi) is 4.20. The third-order valence-electron chi connectivity index (χ3n) is 2.79. The van der Waals surface area contributed by atoms with Crippen molar-refractivity contribution in [2.24, 2.45) is 11.3 Å². The summed E-state index contributed by atoms with van der Waals surface area (Å²) in [5.74, 6) is 1.75. The van der Waals surface area contributed by atoms with E-state index in [1.807, 2.05) is 0 Å². The molecule has 0 N–H and O–H groups in total. The summed E-state index contributed by atoms with van der Waals surface area (Å²) in [6.45, 7) is 10.5. The highest BCUT2D eigenvalue weighted by atomic mass is 16.2. The first kappa shape index (κ1) is 15.3. The van der Waals surface area contributed by atoms with Gasteiger partial charge in [-0.05, 0) is 11.3 Å². The number of hydrogen-bond acceptors (Lipinski definition) is 5. The molecule has 0 saturated heterocycles. The van der Waals surface area contributed by atoms with Crippen LogP contribution < -0.4 is 0 Å². The molecule has 0 saturated carbocycles. The van der Waals surface area contributed by atoms with Crippen LogP contribution in [0.25, 0.3) is 0 Å². The first-order valence-corrected chi connectivity index (χ1v) is 7.10. The van der Waals surface area contributed by atoms with E-state index in [1.165, 1.54) is 22.0 Å². The lowest BCUT2D eigenvalue weighted by molar-refractivity contribution is 0.236. The van der Waals surface area contributed by atoms with Crippen LogP contribution in [0.5, 0.6) is 0 Å². The van der Waals surface area contributed by atoms with Gasteiger partial charge in [-0.1, -0.05) is 34.6 Å². The summed E-state index contributed by atoms with van der Waals surface area (Å²) in [5.41, 5.74) is 0.0671. The Morgan fingerprint density at radius 1 is 1.33 bits per heavy atom. The highest BCUT2D eigenvalue weighted by Gasteiger charge is 2.21. The van der Waals surface area contributed by atoms with E-state index in [0.717, 1.165) is 6.42 Å². The van der Waals surface area contributed by atoms with Crippen molar-refractivity contribution < 1.29 is 4.79 Å². The molecule has 0 bridgehead atoms. The van der Waals surface area contributed by atoms with Crippen molar-refractivity contribution >= 4 is 6.03 Å². The van der Waals surface area contributed by atoms with E-state index in [9.17, 15) is 4.79 Å². The fourth-order valence-corrected chi connectivity index (χ4v) is 2.00. The highest BCUT2D eigenvalue weighted by Crippen LogP contribution is 2.19. The maximum absolute atomic E-state index is 12.4. The molecule has 114 valence electrons. The van der Waals surface area contributed by atoms with Crippen molar-refractivity contribution in [3.63, 3.8) is 0 Å². The average molecular weight is 290 g/mol. The summed E-state index contributed by atoms with van der Waals surface area (Å²) in [6.07, 6.45) is 4.10. The maximum Gasteiger partial charge on any atom is 0.372 e. The third-order valence-corrected chi connectivity index (χ3v) is 2.79. The van der Waals surface area contributed by atoms with E-state index >= 15 is 0 Å². The predicted molar refractivity (Wildman–Crippen MR) is 77.9 cm³/mol. The second kappa shape index (κ2) is 5.75. The summed E-state index contributed by atoms with van der Waals surface area (Å²) in [4.78, 5) is 20.7. The molecule has 2 aromatic rings. The van der Waals surface area contributed by atoms with E-state index in [2.05, 4.69) is 54.8 Å². The third kappa shape index (κ3) is 3.96. The van der Waals surface area contributed by atoms with Gasteiger partial charge in [-0.3, -0.25) is 0 Å². The molecule has 7 nitrogen and oxygen atoms in total. The van der Waals surface area contributed by atoms with Crippen LogP contribution in [0.1, 0.15) is 46.3 Å². The molecule has 0 aromatic carbocycles. The molecule has 0 spiro atoms. The van der Waals surface area contributed by atoms with Gasteiger partial charge in [-0.2, -0.15) is 14.5 Å². The number of aromatic nitrogens is 6. The topological polar surface area (TPSA) is 78.5 Å². The van der Waals surface area contributed by atoms with Gasteiger partial charge in [0.25, 0.3) is 0 Å². The highest BCUT2D eigenvalue weighted by molar-refractivity contribution is 5.77. The molecule has 0 aliphatic carbocycles. The fourth-order valence-electron chi connectivity index (χ4n) is 2.00. The predicted octanol–water partition coefficient (Wildman–Crippen LogP) is 2.17. The summed E-state index contributed by atoms with van der Waals surface area (Å²) in [5, 5.41) is 8.24. The van der Waals surface area contributed by atoms with Gasteiger partial charge in [-0.25, -0.2) is 14.8 Å². The Bertz CT molecular complexity index is 606. The molecule has 0 atom stereocenters. The maximum atomic E-state index is 12.4. The zero-order valence-electron chi connectivity index (χ0n) is 13.2. The van der Waals surface area contributed by atoms with Gasteiger partial charge in [0, 0.05) is 12.8 Å². The smallest absolute Gasteiger partial charge is 0.243 e. The van der Waals surface area contributed by atoms with Crippen LogP contribution in [0.15, 0.2) is 12.7 Å². The number of carbonyl (C=O) groups is 1. The Morgan fingerprint density at radius 2 is 2.05 bits per heavy atom. The minimum Gasteiger partial charge on any atom is -0.243 e. The van der Waals surface area contributed by atoms with Crippen LogP contribution in [-0.2, 0) is 12.8 Å². The summed E-state index contributed by atoms with van der Waals surface area (Å²) >= 11 is 0. The van der Waals surface area contributed by atoms with Crippen LogP contribution in [0.4, 0.5) is 4.79 Å². The number of rotatable bonds is 3. The molecule has 0 aliphatic rings. The van der Waals surface area contributed by atoms with Crippen molar-refractivity contribution in [2.45, 2.75) is 47.5 Å². The minimum atomic E-state index is -0.351. The number of hydrogen-bond donors (Lipinski definition) is 0. The van der Waals surface area contributed by atoms with E-state index in [1.54, 1.807) is 0 Å². The molecule has 0 radical (unpaired) electrons. The Balaban J connectivity index is 2.35. The molecule has 2 rings (SSSR count). The van der Waals surface area contributed by atoms with Gasteiger partial charge < -0.3 is 0 Å². The molecular formula is C14H22N6O. The lowest BCUT2D eigenvalue weighted by Crippen LogP contribution is -2.24. The Morgan fingerprint density at radius 3 is 2.57 bits per heavy atom. The molecule has 0 aliphatic heterocycles. The molecule has 2 aromatic heterocycles. The molecule has 0 unspecified atom stereocenters.